The summed E-state index contributed by atoms with van der Waals surface area (Å²) in [4.78, 5) is 14.7. The van der Waals surface area contributed by atoms with Gasteiger partial charge in [0.15, 0.2) is 5.17 Å². The molecule has 0 spiro atoms. The van der Waals surface area contributed by atoms with Crippen molar-refractivity contribution in [2.45, 2.75) is 18.2 Å². The summed E-state index contributed by atoms with van der Waals surface area (Å²) in [6, 6.07) is 15.5. The molecule has 1 N–H and O–H groups in total. The Morgan fingerprint density at radius 1 is 1.16 bits per heavy atom. The fraction of sp³-hybridized carbons (Fsp3) is 0.136. The molecular formula is C22H17Cl2N3O3S. The van der Waals surface area contributed by atoms with Crippen molar-refractivity contribution in [3.05, 3.63) is 87.8 Å². The Bertz CT molecular complexity index is 1150. The maximum atomic E-state index is 13.1. The minimum absolute atomic E-state index is 0.0996. The average molecular weight is 474 g/mol. The van der Waals surface area contributed by atoms with Crippen LogP contribution in [-0.4, -0.2) is 32.5 Å². The van der Waals surface area contributed by atoms with Gasteiger partial charge >= 0.3 is 0 Å². The Morgan fingerprint density at radius 2 is 2.00 bits per heavy atom. The number of benzene rings is 2. The fourth-order valence-electron chi connectivity index (χ4n) is 3.06. The van der Waals surface area contributed by atoms with Crippen molar-refractivity contribution in [3.8, 4) is 5.75 Å². The van der Waals surface area contributed by atoms with Crippen LogP contribution in [0.4, 0.5) is 0 Å². The molecule has 2 heterocycles. The second-order valence-corrected chi connectivity index (χ2v) is 8.75. The highest BCUT2D eigenvalue weighted by Crippen LogP contribution is 2.33. The first-order chi connectivity index (χ1) is 15.0. The predicted molar refractivity (Wildman–Crippen MR) is 124 cm³/mol. The lowest BCUT2D eigenvalue weighted by Crippen LogP contribution is -2.32. The normalized spacial score (nSPS) is 17.9. The molecule has 1 fully saturated rings. The first kappa shape index (κ1) is 21.5. The van der Waals surface area contributed by atoms with Crippen molar-refractivity contribution in [2.24, 2.45) is 10.2 Å². The number of amidine groups is 1. The molecule has 1 atom stereocenters. The molecule has 3 aromatic rings. The molecule has 1 aliphatic rings. The summed E-state index contributed by atoms with van der Waals surface area (Å²) >= 11 is 13.7. The van der Waals surface area contributed by atoms with Gasteiger partial charge < -0.3 is 9.52 Å². The molecule has 0 radical (unpaired) electrons. The van der Waals surface area contributed by atoms with Gasteiger partial charge in [-0.1, -0.05) is 47.1 Å². The highest BCUT2D eigenvalue weighted by molar-refractivity contribution is 8.15. The Hall–Kier alpha value is -2.74. The summed E-state index contributed by atoms with van der Waals surface area (Å²) in [5, 5.41) is 19.3. The number of aromatic hydroxyl groups is 1. The van der Waals surface area contributed by atoms with E-state index in [0.29, 0.717) is 33.0 Å². The van der Waals surface area contributed by atoms with Crippen LogP contribution in [0.25, 0.3) is 0 Å². The Balaban J connectivity index is 1.59. The van der Waals surface area contributed by atoms with E-state index >= 15 is 0 Å². The minimum Gasteiger partial charge on any atom is -0.507 e. The quantitative estimate of drug-likeness (QED) is 0.385. The van der Waals surface area contributed by atoms with E-state index in [0.717, 1.165) is 5.56 Å². The zero-order chi connectivity index (χ0) is 21.8. The van der Waals surface area contributed by atoms with Crippen molar-refractivity contribution >= 4 is 52.3 Å². The van der Waals surface area contributed by atoms with Gasteiger partial charge in [-0.15, -0.1) is 5.10 Å². The van der Waals surface area contributed by atoms with Gasteiger partial charge in [0.05, 0.1) is 24.3 Å². The van der Waals surface area contributed by atoms with Gasteiger partial charge in [-0.3, -0.25) is 9.69 Å². The number of phenolic OH excluding ortho intramolecular Hbond substituents is 1. The third-order valence-corrected chi connectivity index (χ3v) is 6.37. The molecule has 4 rings (SSSR count). The average Bonchev–Trinajstić information content (AvgIpc) is 3.36. The number of para-hydroxylation sites is 1. The van der Waals surface area contributed by atoms with Crippen LogP contribution in [0.2, 0.25) is 10.0 Å². The van der Waals surface area contributed by atoms with Crippen LogP contribution in [0, 0.1) is 0 Å². The number of hydrogen-bond acceptors (Lipinski definition) is 6. The molecule has 1 aliphatic heterocycles. The molecule has 6 nitrogen and oxygen atoms in total. The van der Waals surface area contributed by atoms with E-state index in [4.69, 9.17) is 27.6 Å². The fourth-order valence-corrected chi connectivity index (χ4v) is 4.57. The Kier molecular flexibility index (Phi) is 6.65. The number of carbonyl (C=O) groups is 1. The first-order valence-corrected chi connectivity index (χ1v) is 11.0. The molecule has 2 aromatic carbocycles. The van der Waals surface area contributed by atoms with Crippen LogP contribution in [-0.2, 0) is 17.8 Å². The molecule has 0 unspecified atom stereocenters. The van der Waals surface area contributed by atoms with Crippen LogP contribution in [0.5, 0.6) is 5.75 Å². The molecule has 158 valence electrons. The van der Waals surface area contributed by atoms with E-state index in [1.54, 1.807) is 60.9 Å². The minimum atomic E-state index is -0.426. The van der Waals surface area contributed by atoms with Gasteiger partial charge in [0, 0.05) is 15.6 Å². The van der Waals surface area contributed by atoms with E-state index in [1.807, 2.05) is 0 Å². The zero-order valence-corrected chi connectivity index (χ0v) is 18.4. The van der Waals surface area contributed by atoms with E-state index in [-0.39, 0.29) is 18.2 Å². The lowest BCUT2D eigenvalue weighted by atomic mass is 10.1. The standard InChI is InChI=1S/C22H17Cl2N3O3S/c23-16-7-8-18(24)15(10-16)11-20-21(29)27(13-17-5-3-9-30-17)22(31-20)26-25-12-14-4-1-2-6-19(14)28/h1-10,12,20,28H,11,13H2/b25-12-,26-22+/t20-/m1/s1. The summed E-state index contributed by atoms with van der Waals surface area (Å²) in [5.74, 6) is 0.615. The maximum Gasteiger partial charge on any atom is 0.242 e. The van der Waals surface area contributed by atoms with Crippen molar-refractivity contribution in [2.75, 3.05) is 0 Å². The van der Waals surface area contributed by atoms with Crippen molar-refractivity contribution < 1.29 is 14.3 Å². The number of phenols is 1. The lowest BCUT2D eigenvalue weighted by molar-refractivity contribution is -0.126. The smallest absolute Gasteiger partial charge is 0.242 e. The van der Waals surface area contributed by atoms with E-state index in [1.165, 1.54) is 22.9 Å². The summed E-state index contributed by atoms with van der Waals surface area (Å²) < 4.78 is 5.40. The van der Waals surface area contributed by atoms with Crippen LogP contribution >= 0.6 is 35.0 Å². The SMILES string of the molecule is O=C1[C@@H](Cc2cc(Cl)ccc2Cl)S/C(=N/N=C\c2ccccc2O)N1Cc1ccco1. The number of amides is 1. The van der Waals surface area contributed by atoms with E-state index in [2.05, 4.69) is 10.2 Å². The molecule has 31 heavy (non-hydrogen) atoms. The number of nitrogens with zero attached hydrogens (tertiary/aromatic N) is 3. The zero-order valence-electron chi connectivity index (χ0n) is 16.1. The topological polar surface area (TPSA) is 78.4 Å². The van der Waals surface area contributed by atoms with Crippen molar-refractivity contribution in [1.82, 2.24) is 4.90 Å². The van der Waals surface area contributed by atoms with Gasteiger partial charge in [0.2, 0.25) is 5.91 Å². The van der Waals surface area contributed by atoms with Crippen LogP contribution in [0.1, 0.15) is 16.9 Å². The van der Waals surface area contributed by atoms with Crippen LogP contribution in [0.3, 0.4) is 0 Å². The molecule has 9 heteroatoms. The van der Waals surface area contributed by atoms with Gasteiger partial charge in [-0.25, -0.2) is 0 Å². The van der Waals surface area contributed by atoms with E-state index < -0.39 is 5.25 Å². The third-order valence-electron chi connectivity index (χ3n) is 4.60. The second kappa shape index (κ2) is 9.60. The monoisotopic (exact) mass is 473 g/mol. The Labute approximate surface area is 193 Å². The molecule has 1 saturated heterocycles. The lowest BCUT2D eigenvalue weighted by Gasteiger charge is -2.14. The number of carbonyl (C=O) groups excluding carboxylic acids is 1. The van der Waals surface area contributed by atoms with E-state index in [9.17, 15) is 9.90 Å². The second-order valence-electron chi connectivity index (χ2n) is 6.74. The summed E-state index contributed by atoms with van der Waals surface area (Å²) in [6.45, 7) is 0.240. The number of rotatable bonds is 6. The van der Waals surface area contributed by atoms with Crippen LogP contribution < -0.4 is 0 Å². The van der Waals surface area contributed by atoms with Gasteiger partial charge in [0.25, 0.3) is 0 Å². The van der Waals surface area contributed by atoms with Crippen molar-refractivity contribution in [1.29, 1.82) is 0 Å². The van der Waals surface area contributed by atoms with Gasteiger partial charge in [-0.2, -0.15) is 5.10 Å². The number of hydrogen-bond donors (Lipinski definition) is 1. The summed E-state index contributed by atoms with van der Waals surface area (Å²) in [5.41, 5.74) is 1.32. The maximum absolute atomic E-state index is 13.1. The highest BCUT2D eigenvalue weighted by Gasteiger charge is 2.39. The number of furan rings is 1. The highest BCUT2D eigenvalue weighted by atomic mass is 35.5. The molecule has 1 amide bonds. The number of thioether (sulfide) groups is 1. The van der Waals surface area contributed by atoms with Gasteiger partial charge in [0.1, 0.15) is 11.5 Å². The first-order valence-electron chi connectivity index (χ1n) is 9.34. The van der Waals surface area contributed by atoms with Crippen LogP contribution in [0.15, 0.2) is 75.5 Å². The third kappa shape index (κ3) is 5.12. The summed E-state index contributed by atoms with van der Waals surface area (Å²) in [6.07, 6.45) is 3.40. The molecular weight excluding hydrogens is 457 g/mol. The molecule has 0 saturated carbocycles. The van der Waals surface area contributed by atoms with Gasteiger partial charge in [-0.05, 0) is 54.4 Å². The summed E-state index contributed by atoms with van der Waals surface area (Å²) in [7, 11) is 0. The number of halogens is 2. The molecule has 1 aromatic heterocycles. The molecule has 0 aliphatic carbocycles. The van der Waals surface area contributed by atoms with Crippen molar-refractivity contribution in [3.63, 3.8) is 0 Å². The largest absolute Gasteiger partial charge is 0.507 e. The predicted octanol–water partition coefficient (Wildman–Crippen LogP) is 5.37. The molecule has 0 bridgehead atoms. The Morgan fingerprint density at radius 3 is 2.77 bits per heavy atom.